The molecule has 0 aromatic rings. The maximum absolute atomic E-state index is 5.58. The van der Waals surface area contributed by atoms with Gasteiger partial charge in [-0.3, -0.25) is 0 Å². The predicted molar refractivity (Wildman–Crippen MR) is 24.7 cm³/mol. The van der Waals surface area contributed by atoms with E-state index in [2.05, 4.69) is 6.92 Å². The molecule has 1 rings (SSSR count). The molecule has 0 saturated carbocycles. The first-order valence-corrected chi connectivity index (χ1v) is 2.41. The van der Waals surface area contributed by atoms with Crippen molar-refractivity contribution in [1.82, 2.24) is 0 Å². The smallest absolute Gasteiger partial charge is 0.148 e. The van der Waals surface area contributed by atoms with Crippen molar-refractivity contribution in [2.45, 2.75) is 6.92 Å². The maximum atomic E-state index is 5.58. The van der Waals surface area contributed by atoms with Gasteiger partial charge in [0.05, 0.1) is 6.54 Å². The van der Waals surface area contributed by atoms with Crippen LogP contribution in [-0.4, -0.2) is 24.2 Å². The first kappa shape index (κ1) is 4.09. The van der Waals surface area contributed by atoms with E-state index < -0.39 is 0 Å². The van der Waals surface area contributed by atoms with E-state index in [9.17, 15) is 0 Å². The summed E-state index contributed by atoms with van der Waals surface area (Å²) in [6.07, 6.45) is 0. The Labute approximate surface area is 38.1 Å². The quantitative estimate of drug-likeness (QED) is 0.265. The molecule has 2 heteroatoms. The summed E-state index contributed by atoms with van der Waals surface area (Å²) in [5.41, 5.74) is 0. The maximum Gasteiger partial charge on any atom is 0.148 e. The van der Waals surface area contributed by atoms with Crippen molar-refractivity contribution >= 4 is 0 Å². The lowest BCUT2D eigenvalue weighted by molar-refractivity contribution is -0.809. The number of rotatable bonds is 1. The standard InChI is InChI=1S/C4H11N2/c1-2-6(5)3-4-6/h2-5H2,1H3/q+1. The Kier molecular flexibility index (Phi) is 0.648. The number of quaternary nitrogens is 1. The number of hydrogen-bond acceptors (Lipinski definition) is 1. The first-order chi connectivity index (χ1) is 2.77. The zero-order valence-electron chi connectivity index (χ0n) is 4.15. The van der Waals surface area contributed by atoms with Crippen LogP contribution in [-0.2, 0) is 0 Å². The minimum Gasteiger partial charge on any atom is -0.239 e. The van der Waals surface area contributed by atoms with Crippen LogP contribution in [0.5, 0.6) is 0 Å². The van der Waals surface area contributed by atoms with Crippen molar-refractivity contribution in [2.24, 2.45) is 5.84 Å². The third-order valence-corrected chi connectivity index (χ3v) is 1.43. The second kappa shape index (κ2) is 0.950. The molecular weight excluding hydrogens is 76.1 g/mol. The number of nitrogens with zero attached hydrogens (tertiary/aromatic N) is 1. The van der Waals surface area contributed by atoms with Crippen molar-refractivity contribution < 1.29 is 4.59 Å². The molecule has 0 bridgehead atoms. The summed E-state index contributed by atoms with van der Waals surface area (Å²) < 4.78 is 0.819. The van der Waals surface area contributed by atoms with Gasteiger partial charge in [-0.25, -0.2) is 4.59 Å². The third kappa shape index (κ3) is 0.533. The van der Waals surface area contributed by atoms with E-state index in [1.54, 1.807) is 0 Å². The number of hydrogen-bond donors (Lipinski definition) is 1. The van der Waals surface area contributed by atoms with Crippen molar-refractivity contribution in [3.63, 3.8) is 0 Å². The monoisotopic (exact) mass is 87.1 g/mol. The average molecular weight is 87.1 g/mol. The number of nitrogens with two attached hydrogens (primary N) is 1. The summed E-state index contributed by atoms with van der Waals surface area (Å²) in [6, 6.07) is 0. The van der Waals surface area contributed by atoms with Gasteiger partial charge in [-0.15, -0.1) is 0 Å². The minimum atomic E-state index is 0.819. The minimum absolute atomic E-state index is 0.819. The van der Waals surface area contributed by atoms with Gasteiger partial charge in [-0.05, 0) is 6.92 Å². The Hall–Kier alpha value is -0.0800. The molecule has 1 saturated heterocycles. The molecular formula is C4H11N2+. The van der Waals surface area contributed by atoms with Crippen LogP contribution in [0, 0.1) is 0 Å². The van der Waals surface area contributed by atoms with Gasteiger partial charge in [0.1, 0.15) is 13.1 Å². The van der Waals surface area contributed by atoms with Gasteiger partial charge in [0, 0.05) is 0 Å². The zero-order valence-corrected chi connectivity index (χ0v) is 4.15. The molecule has 1 aliphatic heterocycles. The fourth-order valence-corrected chi connectivity index (χ4v) is 0.445. The lowest BCUT2D eigenvalue weighted by Gasteiger charge is -2.03. The van der Waals surface area contributed by atoms with Gasteiger partial charge >= 0.3 is 0 Å². The Morgan fingerprint density at radius 2 is 2.17 bits per heavy atom. The van der Waals surface area contributed by atoms with E-state index >= 15 is 0 Å². The van der Waals surface area contributed by atoms with E-state index in [0.29, 0.717) is 0 Å². The van der Waals surface area contributed by atoms with Gasteiger partial charge in [0.15, 0.2) is 0 Å². The highest BCUT2D eigenvalue weighted by Crippen LogP contribution is 2.09. The van der Waals surface area contributed by atoms with Crippen molar-refractivity contribution in [3.8, 4) is 0 Å². The normalized spacial score (nSPS) is 27.0. The first-order valence-electron chi connectivity index (χ1n) is 2.41. The Morgan fingerprint density at radius 1 is 1.67 bits per heavy atom. The second-order valence-corrected chi connectivity index (χ2v) is 1.98. The molecule has 0 radical (unpaired) electrons. The van der Waals surface area contributed by atoms with Crippen LogP contribution >= 0.6 is 0 Å². The van der Waals surface area contributed by atoms with Gasteiger partial charge in [-0.1, -0.05) is 0 Å². The van der Waals surface area contributed by atoms with E-state index in [0.717, 1.165) is 11.1 Å². The largest absolute Gasteiger partial charge is 0.239 e. The van der Waals surface area contributed by atoms with Crippen LogP contribution in [0.15, 0.2) is 0 Å². The van der Waals surface area contributed by atoms with Crippen LogP contribution < -0.4 is 5.84 Å². The van der Waals surface area contributed by atoms with E-state index in [-0.39, 0.29) is 0 Å². The molecule has 0 aliphatic carbocycles. The third-order valence-electron chi connectivity index (χ3n) is 1.43. The van der Waals surface area contributed by atoms with Crippen LogP contribution in [0.4, 0.5) is 0 Å². The van der Waals surface area contributed by atoms with Crippen LogP contribution in [0.1, 0.15) is 6.92 Å². The molecule has 0 aromatic heterocycles. The predicted octanol–water partition coefficient (Wildman–Crippen LogP) is -0.290. The highest BCUT2D eigenvalue weighted by atomic mass is 15.7. The van der Waals surface area contributed by atoms with Gasteiger partial charge in [0.25, 0.3) is 0 Å². The molecule has 0 aromatic carbocycles. The van der Waals surface area contributed by atoms with E-state index in [1.807, 2.05) is 0 Å². The van der Waals surface area contributed by atoms with Crippen LogP contribution in [0.25, 0.3) is 0 Å². The molecule has 2 nitrogen and oxygen atoms in total. The fraction of sp³-hybridized carbons (Fsp3) is 1.00. The SMILES string of the molecule is CC[N+]1(N)CC1. The highest BCUT2D eigenvalue weighted by molar-refractivity contribution is 4.45. The highest BCUT2D eigenvalue weighted by Gasteiger charge is 2.36. The Morgan fingerprint density at radius 3 is 2.17 bits per heavy atom. The molecule has 0 spiro atoms. The van der Waals surface area contributed by atoms with Gasteiger partial charge in [0.2, 0.25) is 0 Å². The molecule has 36 valence electrons. The van der Waals surface area contributed by atoms with Crippen molar-refractivity contribution in [1.29, 1.82) is 0 Å². The summed E-state index contributed by atoms with van der Waals surface area (Å²) in [6.45, 7) is 5.60. The van der Waals surface area contributed by atoms with Crippen LogP contribution in [0.2, 0.25) is 0 Å². The van der Waals surface area contributed by atoms with Crippen LogP contribution in [0.3, 0.4) is 0 Å². The Balaban J connectivity index is 2.28. The lowest BCUT2D eigenvalue weighted by atomic mass is 10.7. The molecule has 0 atom stereocenters. The summed E-state index contributed by atoms with van der Waals surface area (Å²) in [5, 5.41) is 0. The average Bonchev–Trinajstić information content (AvgIpc) is 2.22. The van der Waals surface area contributed by atoms with Gasteiger partial charge < -0.3 is 0 Å². The molecule has 6 heavy (non-hydrogen) atoms. The Bertz CT molecular complexity index is 56.6. The summed E-state index contributed by atoms with van der Waals surface area (Å²) in [7, 11) is 0. The molecule has 1 aliphatic rings. The molecule has 1 heterocycles. The number of likely N-dealkylation sites (N-methyl/N-ethyl adjacent to an activating group) is 1. The zero-order chi connectivity index (χ0) is 4.62. The second-order valence-electron chi connectivity index (χ2n) is 1.98. The summed E-state index contributed by atoms with van der Waals surface area (Å²) in [5.74, 6) is 5.58. The lowest BCUT2D eigenvalue weighted by Crippen LogP contribution is -2.33. The molecule has 0 amide bonds. The summed E-state index contributed by atoms with van der Waals surface area (Å²) >= 11 is 0. The van der Waals surface area contributed by atoms with Gasteiger partial charge in [-0.2, -0.15) is 5.84 Å². The molecule has 0 unspecified atom stereocenters. The summed E-state index contributed by atoms with van der Waals surface area (Å²) in [4.78, 5) is 0. The van der Waals surface area contributed by atoms with E-state index in [4.69, 9.17) is 5.84 Å². The molecule has 1 fully saturated rings. The molecule has 2 N–H and O–H groups in total. The van der Waals surface area contributed by atoms with E-state index in [1.165, 1.54) is 13.1 Å². The fourth-order valence-electron chi connectivity index (χ4n) is 0.445. The topological polar surface area (TPSA) is 26.0 Å². The van der Waals surface area contributed by atoms with Crippen molar-refractivity contribution in [3.05, 3.63) is 0 Å². The van der Waals surface area contributed by atoms with Crippen molar-refractivity contribution in [2.75, 3.05) is 19.6 Å².